The molecule has 0 spiro atoms. The lowest BCUT2D eigenvalue weighted by atomic mass is 10.3. The Morgan fingerprint density at radius 3 is 2.65 bits per heavy atom. The van der Waals surface area contributed by atoms with Crippen molar-refractivity contribution in [1.82, 2.24) is 0 Å². The zero-order valence-corrected chi connectivity index (χ0v) is 13.8. The van der Waals surface area contributed by atoms with Crippen LogP contribution in [0.5, 0.6) is 5.75 Å². The fourth-order valence-electron chi connectivity index (χ4n) is 1.48. The van der Waals surface area contributed by atoms with Crippen molar-refractivity contribution in [2.24, 2.45) is 0 Å². The fourth-order valence-corrected chi connectivity index (χ4v) is 3.47. The van der Waals surface area contributed by atoms with E-state index in [4.69, 9.17) is 4.74 Å². The Morgan fingerprint density at radius 1 is 1.30 bits per heavy atom. The first-order valence-corrected chi connectivity index (χ1v) is 7.79. The molecule has 0 radical (unpaired) electrons. The van der Waals surface area contributed by atoms with Gasteiger partial charge in [0.2, 0.25) is 11.5 Å². The Bertz CT molecular complexity index is 671. The number of carbonyl (C=O) groups excluding carboxylic acids is 1. The lowest BCUT2D eigenvalue weighted by molar-refractivity contribution is -0.385. The number of ether oxygens (including phenoxy) is 1. The highest BCUT2D eigenvalue weighted by Crippen LogP contribution is 2.35. The SMILES string of the molecule is O=C(COc1c(Br)cccc1[N+](=O)[O-])c1sccc1Br. The molecule has 20 heavy (non-hydrogen) atoms. The van der Waals surface area contributed by atoms with E-state index in [0.29, 0.717) is 13.8 Å². The van der Waals surface area contributed by atoms with Crippen LogP contribution < -0.4 is 4.74 Å². The molecule has 0 fully saturated rings. The van der Waals surface area contributed by atoms with Crippen LogP contribution in [0, 0.1) is 10.1 Å². The third-order valence-corrected chi connectivity index (χ3v) is 4.86. The molecular formula is C12H7Br2NO4S. The minimum Gasteiger partial charge on any atom is -0.478 e. The second kappa shape index (κ2) is 6.47. The number of nitro benzene ring substituents is 1. The maximum absolute atomic E-state index is 12.0. The number of halogens is 2. The van der Waals surface area contributed by atoms with Crippen LogP contribution in [0.2, 0.25) is 0 Å². The summed E-state index contributed by atoms with van der Waals surface area (Å²) in [6.45, 7) is -0.261. The normalized spacial score (nSPS) is 10.3. The van der Waals surface area contributed by atoms with Gasteiger partial charge in [-0.05, 0) is 49.4 Å². The van der Waals surface area contributed by atoms with E-state index < -0.39 is 4.92 Å². The molecule has 8 heteroatoms. The van der Waals surface area contributed by atoms with Crippen LogP contribution in [0.1, 0.15) is 9.67 Å². The van der Waals surface area contributed by atoms with Crippen LogP contribution in [0.4, 0.5) is 5.69 Å². The van der Waals surface area contributed by atoms with E-state index in [9.17, 15) is 14.9 Å². The van der Waals surface area contributed by atoms with E-state index >= 15 is 0 Å². The molecule has 0 unspecified atom stereocenters. The predicted molar refractivity (Wildman–Crippen MR) is 82.6 cm³/mol. The van der Waals surface area contributed by atoms with Crippen molar-refractivity contribution < 1.29 is 14.5 Å². The number of nitrogens with zero attached hydrogens (tertiary/aromatic N) is 1. The van der Waals surface area contributed by atoms with Gasteiger partial charge in [-0.2, -0.15) is 0 Å². The number of hydrogen-bond donors (Lipinski definition) is 0. The summed E-state index contributed by atoms with van der Waals surface area (Å²) in [7, 11) is 0. The molecule has 1 heterocycles. The van der Waals surface area contributed by atoms with E-state index in [1.807, 2.05) is 0 Å². The molecule has 0 aliphatic rings. The molecule has 0 aliphatic heterocycles. The zero-order chi connectivity index (χ0) is 14.7. The summed E-state index contributed by atoms with van der Waals surface area (Å²) in [5, 5.41) is 12.7. The maximum atomic E-state index is 12.0. The van der Waals surface area contributed by atoms with Gasteiger partial charge in [0.1, 0.15) is 0 Å². The van der Waals surface area contributed by atoms with Crippen molar-refractivity contribution >= 4 is 54.7 Å². The van der Waals surface area contributed by atoms with Crippen molar-refractivity contribution in [1.29, 1.82) is 0 Å². The summed E-state index contributed by atoms with van der Waals surface area (Å²) >= 11 is 7.73. The van der Waals surface area contributed by atoms with Gasteiger partial charge in [-0.15, -0.1) is 11.3 Å². The van der Waals surface area contributed by atoms with Gasteiger partial charge in [0.15, 0.2) is 6.61 Å². The Kier molecular flexibility index (Phi) is 4.90. The quantitative estimate of drug-likeness (QED) is 0.407. The zero-order valence-electron chi connectivity index (χ0n) is 9.84. The van der Waals surface area contributed by atoms with Gasteiger partial charge >= 0.3 is 5.69 Å². The molecule has 5 nitrogen and oxygen atoms in total. The fraction of sp³-hybridized carbons (Fsp3) is 0.0833. The number of rotatable bonds is 5. The second-order valence-corrected chi connectivity index (χ2v) is 6.28. The highest BCUT2D eigenvalue weighted by molar-refractivity contribution is 9.11. The molecule has 0 saturated heterocycles. The maximum Gasteiger partial charge on any atom is 0.312 e. The topological polar surface area (TPSA) is 69.4 Å². The summed E-state index contributed by atoms with van der Waals surface area (Å²) in [5.41, 5.74) is -0.183. The molecule has 2 aromatic rings. The van der Waals surface area contributed by atoms with Gasteiger partial charge in [0.05, 0.1) is 14.3 Å². The van der Waals surface area contributed by atoms with E-state index in [0.717, 1.165) is 0 Å². The molecule has 1 aromatic carbocycles. The Labute approximate surface area is 135 Å². The van der Waals surface area contributed by atoms with Crippen molar-refractivity contribution in [3.8, 4) is 5.75 Å². The van der Waals surface area contributed by atoms with Gasteiger partial charge in [0.25, 0.3) is 0 Å². The summed E-state index contributed by atoms with van der Waals surface area (Å²) in [4.78, 5) is 22.9. The van der Waals surface area contributed by atoms with Crippen LogP contribution in [0.3, 0.4) is 0 Å². The van der Waals surface area contributed by atoms with Crippen molar-refractivity contribution in [2.45, 2.75) is 0 Å². The Balaban J connectivity index is 2.18. The Hall–Kier alpha value is -1.25. The van der Waals surface area contributed by atoms with Crippen molar-refractivity contribution in [2.75, 3.05) is 6.61 Å². The van der Waals surface area contributed by atoms with Gasteiger partial charge in [0, 0.05) is 10.5 Å². The lowest BCUT2D eigenvalue weighted by Gasteiger charge is -2.07. The molecule has 0 saturated carbocycles. The number of hydrogen-bond acceptors (Lipinski definition) is 5. The Morgan fingerprint density at radius 2 is 2.05 bits per heavy atom. The van der Waals surface area contributed by atoms with E-state index in [1.165, 1.54) is 23.5 Å². The minimum absolute atomic E-state index is 0.0542. The average Bonchev–Trinajstić information content (AvgIpc) is 2.83. The van der Waals surface area contributed by atoms with Crippen LogP contribution in [0.25, 0.3) is 0 Å². The van der Waals surface area contributed by atoms with Crippen LogP contribution in [0.15, 0.2) is 38.6 Å². The molecule has 0 amide bonds. The van der Waals surface area contributed by atoms with E-state index in [-0.39, 0.29) is 23.8 Å². The highest BCUT2D eigenvalue weighted by atomic mass is 79.9. The van der Waals surface area contributed by atoms with Crippen LogP contribution >= 0.6 is 43.2 Å². The molecule has 0 bridgehead atoms. The van der Waals surface area contributed by atoms with E-state index in [1.54, 1.807) is 17.5 Å². The monoisotopic (exact) mass is 419 g/mol. The number of carbonyl (C=O) groups is 1. The highest BCUT2D eigenvalue weighted by Gasteiger charge is 2.20. The number of para-hydroxylation sites is 1. The molecule has 1 aromatic heterocycles. The number of thiophene rings is 1. The summed E-state index contributed by atoms with van der Waals surface area (Å²) in [6, 6.07) is 6.24. The minimum atomic E-state index is -0.550. The van der Waals surface area contributed by atoms with Gasteiger partial charge in [-0.1, -0.05) is 6.07 Å². The summed E-state index contributed by atoms with van der Waals surface area (Å²) in [5.74, 6) is -0.185. The standard InChI is InChI=1S/C12H7Br2NO4S/c13-7-2-1-3-9(15(17)18)11(7)19-6-10(16)12-8(14)4-5-20-12/h1-5H,6H2. The van der Waals surface area contributed by atoms with Crippen molar-refractivity contribution in [3.63, 3.8) is 0 Å². The molecular weight excluding hydrogens is 414 g/mol. The van der Waals surface area contributed by atoms with Crippen LogP contribution in [-0.2, 0) is 0 Å². The van der Waals surface area contributed by atoms with Gasteiger partial charge in [-0.3, -0.25) is 14.9 Å². The molecule has 0 N–H and O–H groups in total. The largest absolute Gasteiger partial charge is 0.478 e. The van der Waals surface area contributed by atoms with E-state index in [2.05, 4.69) is 31.9 Å². The molecule has 104 valence electrons. The summed E-state index contributed by atoms with van der Waals surface area (Å²) < 4.78 is 6.44. The first kappa shape index (κ1) is 15.1. The smallest absolute Gasteiger partial charge is 0.312 e. The first-order valence-electron chi connectivity index (χ1n) is 5.32. The third-order valence-electron chi connectivity index (χ3n) is 2.36. The molecule has 0 aliphatic carbocycles. The lowest BCUT2D eigenvalue weighted by Crippen LogP contribution is -2.11. The average molecular weight is 421 g/mol. The number of benzene rings is 1. The molecule has 0 atom stereocenters. The molecule has 2 rings (SSSR count). The third kappa shape index (κ3) is 3.25. The van der Waals surface area contributed by atoms with Crippen molar-refractivity contribution in [3.05, 3.63) is 53.6 Å². The first-order chi connectivity index (χ1) is 9.50. The van der Waals surface area contributed by atoms with Crippen LogP contribution in [-0.4, -0.2) is 17.3 Å². The van der Waals surface area contributed by atoms with Gasteiger partial charge in [-0.25, -0.2) is 0 Å². The van der Waals surface area contributed by atoms with Gasteiger partial charge < -0.3 is 4.74 Å². The number of ketones is 1. The number of Topliss-reactive ketones (excluding diaryl/α,β-unsaturated/α-hetero) is 1. The second-order valence-electron chi connectivity index (χ2n) is 3.65. The predicted octanol–water partition coefficient (Wildman–Crippen LogP) is 4.44. The number of nitro groups is 1. The summed E-state index contributed by atoms with van der Waals surface area (Å²) in [6.07, 6.45) is 0.